The molecule has 8 heteroatoms. The van der Waals surface area contributed by atoms with Crippen LogP contribution in [0.1, 0.15) is 15.4 Å². The van der Waals surface area contributed by atoms with E-state index in [9.17, 15) is 18.0 Å². The van der Waals surface area contributed by atoms with Gasteiger partial charge in [-0.1, -0.05) is 42.5 Å². The predicted octanol–water partition coefficient (Wildman–Crippen LogP) is 5.27. The third-order valence-corrected chi connectivity index (χ3v) is 4.59. The Labute approximate surface area is 151 Å². The van der Waals surface area contributed by atoms with Crippen molar-refractivity contribution in [2.45, 2.75) is 13.3 Å². The highest BCUT2D eigenvalue weighted by atomic mass is 32.1. The fraction of sp³-hybridized carbons (Fsp3) is 0.111. The molecule has 0 radical (unpaired) electrons. The van der Waals surface area contributed by atoms with Crippen LogP contribution in [0.15, 0.2) is 54.6 Å². The van der Waals surface area contributed by atoms with Crippen molar-refractivity contribution >= 4 is 22.9 Å². The molecule has 0 aliphatic carbocycles. The number of nitrogens with zero attached hydrogens (tertiary/aromatic N) is 1. The Kier molecular flexibility index (Phi) is 4.94. The molecule has 26 heavy (non-hydrogen) atoms. The number of rotatable bonds is 4. The molecule has 2 aromatic carbocycles. The van der Waals surface area contributed by atoms with Crippen molar-refractivity contribution in [1.82, 2.24) is 4.98 Å². The van der Waals surface area contributed by atoms with Crippen molar-refractivity contribution < 1.29 is 22.7 Å². The van der Waals surface area contributed by atoms with Gasteiger partial charge in [0.05, 0.1) is 11.4 Å². The molecule has 4 nitrogen and oxygen atoms in total. The second-order valence-corrected chi connectivity index (χ2v) is 6.30. The lowest BCUT2D eigenvalue weighted by molar-refractivity contribution is -0.274. The molecule has 0 aliphatic heterocycles. The molecule has 1 N–H and O–H groups in total. The Balaban J connectivity index is 1.85. The van der Waals surface area contributed by atoms with E-state index in [0.717, 1.165) is 11.6 Å². The van der Waals surface area contributed by atoms with E-state index in [1.165, 1.54) is 29.5 Å². The number of aryl methyl sites for hydroxylation is 1. The van der Waals surface area contributed by atoms with Crippen molar-refractivity contribution in [3.63, 3.8) is 0 Å². The maximum absolute atomic E-state index is 12.5. The van der Waals surface area contributed by atoms with E-state index in [-0.39, 0.29) is 5.69 Å². The van der Waals surface area contributed by atoms with Crippen molar-refractivity contribution in [3.05, 3.63) is 65.2 Å². The molecule has 1 heterocycles. The Morgan fingerprint density at radius 1 is 1.08 bits per heavy atom. The summed E-state index contributed by atoms with van der Waals surface area (Å²) in [5.41, 5.74) is 1.30. The number of hydrogen-bond donors (Lipinski definition) is 1. The molecular weight excluding hydrogens is 365 g/mol. The first-order valence-corrected chi connectivity index (χ1v) is 8.34. The summed E-state index contributed by atoms with van der Waals surface area (Å²) < 4.78 is 41.4. The fourth-order valence-corrected chi connectivity index (χ4v) is 3.24. The highest BCUT2D eigenvalue weighted by Gasteiger charge is 2.32. The minimum Gasteiger partial charge on any atom is -0.404 e. The van der Waals surface area contributed by atoms with Gasteiger partial charge < -0.3 is 10.1 Å². The standard InChI is InChI=1S/C18H13F3N2O2S/c1-11-15(26-17(22-11)12-7-3-2-4-8-12)16(24)23-13-9-5-6-10-14(13)25-18(19,20)21/h2-10H,1H3,(H,23,24). The summed E-state index contributed by atoms with van der Waals surface area (Å²) in [4.78, 5) is 17.2. The van der Waals surface area contributed by atoms with Gasteiger partial charge in [-0.25, -0.2) is 4.98 Å². The molecule has 0 saturated carbocycles. The third-order valence-electron chi connectivity index (χ3n) is 3.38. The minimum absolute atomic E-state index is 0.0658. The molecular formula is C18H13F3N2O2S. The number of aromatic nitrogens is 1. The molecule has 1 aromatic heterocycles. The second-order valence-electron chi connectivity index (χ2n) is 5.30. The number of carbonyl (C=O) groups is 1. The van der Waals surface area contributed by atoms with Crippen LogP contribution in [0, 0.1) is 6.92 Å². The Morgan fingerprint density at radius 2 is 1.73 bits per heavy atom. The summed E-state index contributed by atoms with van der Waals surface area (Å²) in [5, 5.41) is 3.12. The van der Waals surface area contributed by atoms with E-state index < -0.39 is 18.0 Å². The van der Waals surface area contributed by atoms with Crippen LogP contribution >= 0.6 is 11.3 Å². The zero-order valence-electron chi connectivity index (χ0n) is 13.5. The lowest BCUT2D eigenvalue weighted by Crippen LogP contribution is -2.19. The van der Waals surface area contributed by atoms with E-state index in [1.54, 1.807) is 6.92 Å². The van der Waals surface area contributed by atoms with Gasteiger partial charge in [0.25, 0.3) is 5.91 Å². The van der Waals surface area contributed by atoms with Crippen LogP contribution in [0.5, 0.6) is 5.75 Å². The predicted molar refractivity (Wildman–Crippen MR) is 93.4 cm³/mol. The summed E-state index contributed by atoms with van der Waals surface area (Å²) >= 11 is 1.17. The number of carbonyl (C=O) groups excluding carboxylic acids is 1. The second kappa shape index (κ2) is 7.17. The monoisotopic (exact) mass is 378 g/mol. The molecule has 0 bridgehead atoms. The molecule has 0 atom stereocenters. The number of ether oxygens (including phenoxy) is 1. The number of alkyl halides is 3. The minimum atomic E-state index is -4.85. The summed E-state index contributed by atoms with van der Waals surface area (Å²) in [6.07, 6.45) is -4.85. The average Bonchev–Trinajstić information content (AvgIpc) is 2.98. The zero-order valence-corrected chi connectivity index (χ0v) is 14.3. The van der Waals surface area contributed by atoms with Crippen LogP contribution < -0.4 is 10.1 Å². The molecule has 3 aromatic rings. The van der Waals surface area contributed by atoms with Crippen LogP contribution in [-0.2, 0) is 0 Å². The number of halogens is 3. The van der Waals surface area contributed by atoms with Crippen LogP contribution in [0.25, 0.3) is 10.6 Å². The molecule has 0 spiro atoms. The number of nitrogens with one attached hydrogen (secondary N) is 1. The van der Waals surface area contributed by atoms with Gasteiger partial charge in [0.15, 0.2) is 5.75 Å². The average molecular weight is 378 g/mol. The van der Waals surface area contributed by atoms with Crippen molar-refractivity contribution in [1.29, 1.82) is 0 Å². The van der Waals surface area contributed by atoms with Gasteiger partial charge >= 0.3 is 6.36 Å². The van der Waals surface area contributed by atoms with Crippen molar-refractivity contribution in [3.8, 4) is 16.3 Å². The molecule has 134 valence electrons. The van der Waals surface area contributed by atoms with E-state index in [1.807, 2.05) is 30.3 Å². The van der Waals surface area contributed by atoms with E-state index in [0.29, 0.717) is 15.6 Å². The largest absolute Gasteiger partial charge is 0.573 e. The Morgan fingerprint density at radius 3 is 2.42 bits per heavy atom. The quantitative estimate of drug-likeness (QED) is 0.673. The SMILES string of the molecule is Cc1nc(-c2ccccc2)sc1C(=O)Nc1ccccc1OC(F)(F)F. The molecule has 1 amide bonds. The lowest BCUT2D eigenvalue weighted by atomic mass is 10.2. The van der Waals surface area contributed by atoms with E-state index >= 15 is 0 Å². The summed E-state index contributed by atoms with van der Waals surface area (Å²) in [6.45, 7) is 1.68. The third kappa shape index (κ3) is 4.20. The van der Waals surface area contributed by atoms with Crippen molar-refractivity contribution in [2.24, 2.45) is 0 Å². The summed E-state index contributed by atoms with van der Waals surface area (Å²) in [7, 11) is 0. The fourth-order valence-electron chi connectivity index (χ4n) is 2.27. The number of anilines is 1. The van der Waals surface area contributed by atoms with Crippen LogP contribution in [0.3, 0.4) is 0 Å². The maximum Gasteiger partial charge on any atom is 0.573 e. The van der Waals surface area contributed by atoms with Gasteiger partial charge in [-0.05, 0) is 19.1 Å². The summed E-state index contributed by atoms with van der Waals surface area (Å²) in [6, 6.07) is 14.7. The van der Waals surface area contributed by atoms with Gasteiger partial charge in [-0.3, -0.25) is 4.79 Å². The smallest absolute Gasteiger partial charge is 0.404 e. The highest BCUT2D eigenvalue weighted by molar-refractivity contribution is 7.17. The first-order valence-electron chi connectivity index (χ1n) is 7.52. The van der Waals surface area contributed by atoms with E-state index in [2.05, 4.69) is 15.0 Å². The molecule has 0 fully saturated rings. The maximum atomic E-state index is 12.5. The van der Waals surface area contributed by atoms with Crippen LogP contribution in [-0.4, -0.2) is 17.3 Å². The van der Waals surface area contributed by atoms with Gasteiger partial charge in [0, 0.05) is 5.56 Å². The van der Waals surface area contributed by atoms with Gasteiger partial charge in [-0.15, -0.1) is 24.5 Å². The first-order chi connectivity index (χ1) is 12.3. The number of thiazole rings is 1. The Bertz CT molecular complexity index is 924. The zero-order chi connectivity index (χ0) is 18.7. The highest BCUT2D eigenvalue weighted by Crippen LogP contribution is 2.32. The number of benzene rings is 2. The van der Waals surface area contributed by atoms with E-state index in [4.69, 9.17) is 0 Å². The number of para-hydroxylation sites is 2. The molecule has 0 aliphatic rings. The first kappa shape index (κ1) is 17.9. The van der Waals surface area contributed by atoms with Crippen molar-refractivity contribution in [2.75, 3.05) is 5.32 Å². The van der Waals surface area contributed by atoms with Gasteiger partial charge in [0.2, 0.25) is 0 Å². The van der Waals surface area contributed by atoms with Gasteiger partial charge in [-0.2, -0.15) is 0 Å². The topological polar surface area (TPSA) is 51.2 Å². The normalized spacial score (nSPS) is 11.2. The Hall–Kier alpha value is -2.87. The van der Waals surface area contributed by atoms with Crippen LogP contribution in [0.4, 0.5) is 18.9 Å². The number of amides is 1. The molecule has 0 unspecified atom stereocenters. The van der Waals surface area contributed by atoms with Gasteiger partial charge in [0.1, 0.15) is 9.88 Å². The molecule has 0 saturated heterocycles. The van der Waals surface area contributed by atoms with Crippen LogP contribution in [0.2, 0.25) is 0 Å². The molecule has 3 rings (SSSR count). The summed E-state index contributed by atoms with van der Waals surface area (Å²) in [5.74, 6) is -1.01. The lowest BCUT2D eigenvalue weighted by Gasteiger charge is -2.13. The number of hydrogen-bond acceptors (Lipinski definition) is 4.